The lowest BCUT2D eigenvalue weighted by Crippen LogP contribution is -2.37. The molecule has 0 spiro atoms. The first-order valence-electron chi connectivity index (χ1n) is 12.0. The van der Waals surface area contributed by atoms with Crippen LogP contribution in [0.1, 0.15) is 37.3 Å². The molecule has 0 saturated carbocycles. The van der Waals surface area contributed by atoms with Gasteiger partial charge in [0.15, 0.2) is 0 Å². The standard InChI is InChI=1S/C27H35N3O3/c1-4-13-29-20-22(25-12-11-24(32-3)18-26(25)29)19-28-14-5-6-15-30(27(31)33-17-16-28)23-9-7-21(2)8-10-23/h7-12,18,20H,4-6,13-17,19H2,1-3H3. The molecule has 4 rings (SSSR count). The molecule has 6 nitrogen and oxygen atoms in total. The molecule has 0 bridgehead atoms. The fraction of sp³-hybridized carbons (Fsp3) is 0.444. The summed E-state index contributed by atoms with van der Waals surface area (Å²) in [6.45, 7) is 8.85. The van der Waals surface area contributed by atoms with Crippen LogP contribution in [0.2, 0.25) is 0 Å². The Morgan fingerprint density at radius 3 is 2.58 bits per heavy atom. The number of ether oxygens (including phenoxy) is 2. The van der Waals surface area contributed by atoms with Gasteiger partial charge in [0.25, 0.3) is 0 Å². The summed E-state index contributed by atoms with van der Waals surface area (Å²) in [4.78, 5) is 16.9. The Balaban J connectivity index is 1.46. The van der Waals surface area contributed by atoms with Crippen LogP contribution in [-0.2, 0) is 17.8 Å². The number of anilines is 1. The van der Waals surface area contributed by atoms with E-state index in [2.05, 4.69) is 41.6 Å². The van der Waals surface area contributed by atoms with Crippen LogP contribution in [-0.4, -0.2) is 48.9 Å². The van der Waals surface area contributed by atoms with Gasteiger partial charge in [-0.05, 0) is 62.6 Å². The quantitative estimate of drug-likeness (QED) is 0.491. The van der Waals surface area contributed by atoms with Crippen molar-refractivity contribution in [2.75, 3.05) is 38.3 Å². The molecule has 0 atom stereocenters. The van der Waals surface area contributed by atoms with Crippen LogP contribution in [0.15, 0.2) is 48.7 Å². The fourth-order valence-electron chi connectivity index (χ4n) is 4.53. The number of methoxy groups -OCH3 is 1. The lowest BCUT2D eigenvalue weighted by molar-refractivity contribution is 0.127. The number of rotatable bonds is 6. The third-order valence-electron chi connectivity index (χ3n) is 6.34. The third kappa shape index (κ3) is 5.50. The van der Waals surface area contributed by atoms with Crippen molar-refractivity contribution in [1.29, 1.82) is 0 Å². The minimum absolute atomic E-state index is 0.257. The minimum Gasteiger partial charge on any atom is -0.497 e. The Morgan fingerprint density at radius 1 is 1.03 bits per heavy atom. The van der Waals surface area contributed by atoms with E-state index in [9.17, 15) is 4.79 Å². The van der Waals surface area contributed by atoms with Crippen LogP contribution in [0.3, 0.4) is 0 Å². The molecule has 1 aromatic heterocycles. The van der Waals surface area contributed by atoms with Gasteiger partial charge in [0, 0.05) is 49.5 Å². The maximum absolute atomic E-state index is 12.8. The highest BCUT2D eigenvalue weighted by Crippen LogP contribution is 2.27. The lowest BCUT2D eigenvalue weighted by Gasteiger charge is -2.27. The van der Waals surface area contributed by atoms with Gasteiger partial charge in [0.1, 0.15) is 12.4 Å². The molecular weight excluding hydrogens is 414 g/mol. The molecule has 176 valence electrons. The number of hydrogen-bond acceptors (Lipinski definition) is 4. The smallest absolute Gasteiger partial charge is 0.414 e. The van der Waals surface area contributed by atoms with Gasteiger partial charge in [-0.2, -0.15) is 0 Å². The molecule has 1 aliphatic rings. The van der Waals surface area contributed by atoms with Crippen LogP contribution in [0.25, 0.3) is 10.9 Å². The number of amides is 1. The number of aromatic nitrogens is 1. The normalized spacial score (nSPS) is 16.1. The minimum atomic E-state index is -0.257. The molecule has 1 saturated heterocycles. The van der Waals surface area contributed by atoms with Gasteiger partial charge in [-0.15, -0.1) is 0 Å². The first-order chi connectivity index (χ1) is 16.1. The number of nitrogens with zero attached hydrogens (tertiary/aromatic N) is 3. The Kier molecular flexibility index (Phi) is 7.55. The van der Waals surface area contributed by atoms with E-state index in [0.717, 1.165) is 56.9 Å². The van der Waals surface area contributed by atoms with Crippen molar-refractivity contribution in [2.24, 2.45) is 0 Å². The van der Waals surface area contributed by atoms with E-state index in [1.807, 2.05) is 30.3 Å². The van der Waals surface area contributed by atoms with Crippen molar-refractivity contribution in [3.63, 3.8) is 0 Å². The predicted molar refractivity (Wildman–Crippen MR) is 133 cm³/mol. The van der Waals surface area contributed by atoms with Crippen molar-refractivity contribution in [2.45, 2.75) is 46.2 Å². The summed E-state index contributed by atoms with van der Waals surface area (Å²) in [7, 11) is 1.71. The fourth-order valence-corrected chi connectivity index (χ4v) is 4.53. The summed E-state index contributed by atoms with van der Waals surface area (Å²) in [5.41, 5.74) is 4.61. The van der Waals surface area contributed by atoms with Crippen LogP contribution < -0.4 is 9.64 Å². The molecule has 0 N–H and O–H groups in total. The molecule has 2 heterocycles. The Bertz CT molecular complexity index is 1070. The van der Waals surface area contributed by atoms with Crippen LogP contribution in [0, 0.1) is 6.92 Å². The molecule has 1 amide bonds. The second-order valence-corrected chi connectivity index (χ2v) is 8.82. The first kappa shape index (κ1) is 23.2. The Morgan fingerprint density at radius 2 is 1.82 bits per heavy atom. The van der Waals surface area contributed by atoms with Gasteiger partial charge in [-0.3, -0.25) is 9.80 Å². The molecule has 33 heavy (non-hydrogen) atoms. The summed E-state index contributed by atoms with van der Waals surface area (Å²) < 4.78 is 13.4. The maximum Gasteiger partial charge on any atom is 0.414 e. The van der Waals surface area contributed by atoms with E-state index in [1.54, 1.807) is 12.0 Å². The number of fused-ring (bicyclic) bond motifs is 1. The average Bonchev–Trinajstić information content (AvgIpc) is 3.16. The van der Waals surface area contributed by atoms with E-state index in [0.29, 0.717) is 13.2 Å². The lowest BCUT2D eigenvalue weighted by atomic mass is 10.1. The maximum atomic E-state index is 12.8. The number of hydrogen-bond donors (Lipinski definition) is 0. The third-order valence-corrected chi connectivity index (χ3v) is 6.34. The monoisotopic (exact) mass is 449 g/mol. The molecule has 6 heteroatoms. The largest absolute Gasteiger partial charge is 0.497 e. The topological polar surface area (TPSA) is 46.9 Å². The van der Waals surface area contributed by atoms with Gasteiger partial charge in [0.05, 0.1) is 12.6 Å². The number of carbonyl (C=O) groups excluding carboxylic acids is 1. The van der Waals surface area contributed by atoms with Crippen molar-refractivity contribution in [3.05, 3.63) is 59.8 Å². The van der Waals surface area contributed by atoms with Crippen LogP contribution >= 0.6 is 0 Å². The van der Waals surface area contributed by atoms with Gasteiger partial charge in [-0.25, -0.2) is 4.79 Å². The summed E-state index contributed by atoms with van der Waals surface area (Å²) in [5.74, 6) is 0.883. The average molecular weight is 450 g/mol. The van der Waals surface area contributed by atoms with Gasteiger partial charge < -0.3 is 14.0 Å². The van der Waals surface area contributed by atoms with Crippen molar-refractivity contribution >= 4 is 22.7 Å². The predicted octanol–water partition coefficient (Wildman–Crippen LogP) is 5.61. The summed E-state index contributed by atoms with van der Waals surface area (Å²) in [6.07, 6.45) is 5.08. The number of benzene rings is 2. The van der Waals surface area contributed by atoms with Crippen molar-refractivity contribution < 1.29 is 14.3 Å². The van der Waals surface area contributed by atoms with E-state index in [4.69, 9.17) is 9.47 Å². The molecule has 3 aromatic rings. The second-order valence-electron chi connectivity index (χ2n) is 8.82. The van der Waals surface area contributed by atoms with E-state index in [-0.39, 0.29) is 6.09 Å². The van der Waals surface area contributed by atoms with Gasteiger partial charge in [-0.1, -0.05) is 24.6 Å². The van der Waals surface area contributed by atoms with Crippen LogP contribution in [0.4, 0.5) is 10.5 Å². The van der Waals surface area contributed by atoms with Crippen molar-refractivity contribution in [1.82, 2.24) is 9.47 Å². The SMILES string of the molecule is CCCn1cc(CN2CCCCN(c3ccc(C)cc3)C(=O)OCC2)c2ccc(OC)cc21. The molecule has 0 radical (unpaired) electrons. The molecular formula is C27H35N3O3. The second kappa shape index (κ2) is 10.8. The molecule has 0 aliphatic carbocycles. The highest BCUT2D eigenvalue weighted by molar-refractivity contribution is 5.87. The zero-order valence-electron chi connectivity index (χ0n) is 20.0. The highest BCUT2D eigenvalue weighted by atomic mass is 16.6. The van der Waals surface area contributed by atoms with E-state index in [1.165, 1.54) is 22.0 Å². The zero-order chi connectivity index (χ0) is 23.2. The van der Waals surface area contributed by atoms with Gasteiger partial charge >= 0.3 is 6.09 Å². The molecule has 1 fully saturated rings. The molecule has 2 aromatic carbocycles. The summed E-state index contributed by atoms with van der Waals surface area (Å²) in [5, 5.41) is 1.27. The Labute approximate surface area is 196 Å². The number of cyclic esters (lactones) is 1. The highest BCUT2D eigenvalue weighted by Gasteiger charge is 2.20. The summed E-state index contributed by atoms with van der Waals surface area (Å²) >= 11 is 0. The number of carbonyl (C=O) groups is 1. The Hall–Kier alpha value is -2.99. The first-order valence-corrected chi connectivity index (χ1v) is 12.0. The van der Waals surface area contributed by atoms with E-state index < -0.39 is 0 Å². The van der Waals surface area contributed by atoms with Crippen molar-refractivity contribution in [3.8, 4) is 5.75 Å². The van der Waals surface area contributed by atoms with Crippen LogP contribution in [0.5, 0.6) is 5.75 Å². The van der Waals surface area contributed by atoms with E-state index >= 15 is 0 Å². The summed E-state index contributed by atoms with van der Waals surface area (Å²) in [6, 6.07) is 14.4. The van der Waals surface area contributed by atoms with Gasteiger partial charge in [0.2, 0.25) is 0 Å². The molecule has 0 unspecified atom stereocenters. The number of aryl methyl sites for hydroxylation is 2. The molecule has 1 aliphatic heterocycles. The zero-order valence-corrected chi connectivity index (χ0v) is 20.0.